The molecule has 1 aromatic heterocycles. The third-order valence-corrected chi connectivity index (χ3v) is 16.6. The normalized spacial score (nSPS) is 39.8. The summed E-state index contributed by atoms with van der Waals surface area (Å²) in [7, 11) is 0. The third kappa shape index (κ3) is 6.30. The van der Waals surface area contributed by atoms with E-state index in [1.165, 1.54) is 31.3 Å². The van der Waals surface area contributed by atoms with Crippen LogP contribution in [0.25, 0.3) is 0 Å². The number of ether oxygens (including phenoxy) is 1. The number of nitrogens with zero attached hydrogens (tertiary/aromatic N) is 2. The number of carboxylic acids is 1. The third-order valence-electron chi connectivity index (χ3n) is 16.6. The number of carbonyl (C=O) groups excluding carboxylic acids is 2. The van der Waals surface area contributed by atoms with Gasteiger partial charge in [0.25, 0.3) is 0 Å². The van der Waals surface area contributed by atoms with E-state index < -0.39 is 17.4 Å². The van der Waals surface area contributed by atoms with Gasteiger partial charge in [-0.15, -0.1) is 0 Å². The van der Waals surface area contributed by atoms with Gasteiger partial charge in [-0.2, -0.15) is 0 Å². The van der Waals surface area contributed by atoms with Crippen LogP contribution in [0.1, 0.15) is 139 Å². The number of aliphatic carboxylic acids is 1. The van der Waals surface area contributed by atoms with E-state index >= 15 is 0 Å². The van der Waals surface area contributed by atoms with Crippen LogP contribution in [-0.4, -0.2) is 45.2 Å². The van der Waals surface area contributed by atoms with Crippen LogP contribution in [0.3, 0.4) is 0 Å². The van der Waals surface area contributed by atoms with Crippen molar-refractivity contribution >= 4 is 17.8 Å². The zero-order chi connectivity index (χ0) is 37.2. The summed E-state index contributed by atoms with van der Waals surface area (Å²) in [6.45, 7) is 24.0. The van der Waals surface area contributed by atoms with E-state index in [2.05, 4.69) is 63.0 Å². The number of aromatic nitrogens is 2. The van der Waals surface area contributed by atoms with Gasteiger partial charge in [-0.05, 0) is 143 Å². The maximum atomic E-state index is 13.7. The first kappa shape index (κ1) is 38.1. The highest BCUT2D eigenvalue weighted by molar-refractivity contribution is 5.81. The minimum absolute atomic E-state index is 0.0473. The van der Waals surface area contributed by atoms with Gasteiger partial charge in [-0.25, -0.2) is 4.98 Å². The molecular weight excluding hydrogens is 638 g/mol. The van der Waals surface area contributed by atoms with Gasteiger partial charge >= 0.3 is 11.9 Å². The van der Waals surface area contributed by atoms with Crippen LogP contribution >= 0.6 is 0 Å². The maximum absolute atomic E-state index is 13.7. The Bertz CT molecular complexity index is 1500. The first-order chi connectivity index (χ1) is 23.8. The number of nitrogens with one attached hydrogen (secondary N) is 1. The molecule has 5 aliphatic carbocycles. The molecule has 5 fully saturated rings. The van der Waals surface area contributed by atoms with E-state index in [-0.39, 0.29) is 45.5 Å². The van der Waals surface area contributed by atoms with Crippen molar-refractivity contribution in [3.63, 3.8) is 0 Å². The zero-order valence-electron chi connectivity index (χ0n) is 33.0. The average molecular weight is 706 g/mol. The molecule has 5 saturated carbocycles. The predicted molar refractivity (Wildman–Crippen MR) is 199 cm³/mol. The van der Waals surface area contributed by atoms with Gasteiger partial charge in [0.2, 0.25) is 5.91 Å². The second-order valence-electron chi connectivity index (χ2n) is 19.9. The van der Waals surface area contributed by atoms with Crippen molar-refractivity contribution in [1.29, 1.82) is 0 Å². The summed E-state index contributed by atoms with van der Waals surface area (Å²) >= 11 is 0. The van der Waals surface area contributed by atoms with Crippen molar-refractivity contribution in [2.75, 3.05) is 6.54 Å². The van der Waals surface area contributed by atoms with Crippen molar-refractivity contribution in [2.45, 2.75) is 152 Å². The highest BCUT2D eigenvalue weighted by Gasteiger charge is 2.71. The molecule has 2 N–H and O–H groups in total. The Morgan fingerprint density at radius 2 is 1.71 bits per heavy atom. The summed E-state index contributed by atoms with van der Waals surface area (Å²) in [5.74, 6) is 1.42. The maximum Gasteiger partial charge on any atom is 0.309 e. The quantitative estimate of drug-likeness (QED) is 0.135. The summed E-state index contributed by atoms with van der Waals surface area (Å²) in [5, 5.41) is 12.9. The SMILES string of the molecule is C=C(C)[C@@H]1CC[C@]2(CC(=O)NCCCn3ccnc3)CC[C@]3(C)[C@H](CC[C@@H]4[C@@]5(C)CC[C@H](OC(=O)CC(C)(C)C(=O)O)C(C)(C)[C@@H]5CC[C@]43C)[C@@H]12. The number of esters is 1. The molecule has 0 unspecified atom stereocenters. The fourth-order valence-corrected chi connectivity index (χ4v) is 13.7. The first-order valence-corrected chi connectivity index (χ1v) is 20.1. The summed E-state index contributed by atoms with van der Waals surface area (Å²) in [6.07, 6.45) is 18.0. The van der Waals surface area contributed by atoms with Gasteiger partial charge in [-0.1, -0.05) is 46.8 Å². The Morgan fingerprint density at radius 1 is 0.961 bits per heavy atom. The van der Waals surface area contributed by atoms with Crippen molar-refractivity contribution in [2.24, 2.45) is 62.1 Å². The van der Waals surface area contributed by atoms with Crippen molar-refractivity contribution < 1.29 is 24.2 Å². The number of carbonyl (C=O) groups is 3. The number of imidazole rings is 1. The number of carboxylic acid groups (broad SMARTS) is 1. The van der Waals surface area contributed by atoms with Gasteiger partial charge in [0.1, 0.15) is 6.10 Å². The van der Waals surface area contributed by atoms with Crippen LogP contribution in [0.4, 0.5) is 0 Å². The number of hydrogen-bond acceptors (Lipinski definition) is 5. The van der Waals surface area contributed by atoms with Crippen LogP contribution in [0.5, 0.6) is 0 Å². The van der Waals surface area contributed by atoms with Gasteiger partial charge in [0.05, 0.1) is 18.2 Å². The lowest BCUT2D eigenvalue weighted by Gasteiger charge is -2.73. The number of hydrogen-bond donors (Lipinski definition) is 2. The van der Waals surface area contributed by atoms with Gasteiger partial charge < -0.3 is 19.7 Å². The largest absolute Gasteiger partial charge is 0.481 e. The molecule has 10 atom stereocenters. The Labute approximate surface area is 307 Å². The first-order valence-electron chi connectivity index (χ1n) is 20.1. The van der Waals surface area contributed by atoms with Gasteiger partial charge in [-0.3, -0.25) is 14.4 Å². The van der Waals surface area contributed by atoms with E-state index in [9.17, 15) is 19.5 Å². The molecule has 51 heavy (non-hydrogen) atoms. The molecule has 0 aromatic carbocycles. The molecule has 1 heterocycles. The van der Waals surface area contributed by atoms with E-state index in [1.807, 2.05) is 12.5 Å². The van der Waals surface area contributed by atoms with E-state index in [0.717, 1.165) is 51.5 Å². The smallest absolute Gasteiger partial charge is 0.309 e. The predicted octanol–water partition coefficient (Wildman–Crippen LogP) is 8.85. The van der Waals surface area contributed by atoms with Gasteiger partial charge in [0, 0.05) is 37.3 Å². The van der Waals surface area contributed by atoms with Crippen LogP contribution in [0, 0.1) is 62.1 Å². The van der Waals surface area contributed by atoms with E-state index in [0.29, 0.717) is 42.6 Å². The molecule has 284 valence electrons. The lowest BCUT2D eigenvalue weighted by Crippen LogP contribution is -2.67. The molecule has 5 aliphatic rings. The fraction of sp³-hybridized carbons (Fsp3) is 0.814. The standard InChI is InChI=1S/C43H67N3O5/c1-28(2)29-13-18-43(25-34(47)45-21-10-23-46-24-22-44-27-46)20-19-41(8)30(36(29)43)11-12-32-40(7)16-15-33(51-35(48)26-38(3,4)37(49)50)39(5,6)31(40)14-17-42(32,41)9/h22,24,27,29-33,36H,1,10-21,23,25-26H2,2-9H3,(H,45,47)(H,49,50)/t29-,30+,31-,32+,33-,36+,40-,41+,42+,43+/m0/s1. The second kappa shape index (κ2) is 13.3. The van der Waals surface area contributed by atoms with Crippen LogP contribution in [0.2, 0.25) is 0 Å². The van der Waals surface area contributed by atoms with Crippen LogP contribution < -0.4 is 5.32 Å². The molecular formula is C43H67N3O5. The monoisotopic (exact) mass is 706 g/mol. The number of allylic oxidation sites excluding steroid dienone is 1. The second-order valence-corrected chi connectivity index (χ2v) is 19.9. The Morgan fingerprint density at radius 3 is 2.37 bits per heavy atom. The molecule has 0 spiro atoms. The lowest BCUT2D eigenvalue weighted by molar-refractivity contribution is -0.250. The van der Waals surface area contributed by atoms with E-state index in [4.69, 9.17) is 4.74 Å². The van der Waals surface area contributed by atoms with Crippen molar-refractivity contribution in [1.82, 2.24) is 14.9 Å². The fourth-order valence-electron chi connectivity index (χ4n) is 13.7. The molecule has 0 aliphatic heterocycles. The number of rotatable bonds is 11. The lowest BCUT2D eigenvalue weighted by atomic mass is 9.32. The molecule has 8 heteroatoms. The topological polar surface area (TPSA) is 111 Å². The highest BCUT2D eigenvalue weighted by atomic mass is 16.5. The van der Waals surface area contributed by atoms with Crippen molar-refractivity contribution in [3.8, 4) is 0 Å². The molecule has 0 bridgehead atoms. The molecule has 8 nitrogen and oxygen atoms in total. The number of aryl methyl sites for hydroxylation is 1. The van der Waals surface area contributed by atoms with Crippen molar-refractivity contribution in [3.05, 3.63) is 30.9 Å². The summed E-state index contributed by atoms with van der Waals surface area (Å²) in [5.41, 5.74) is 0.531. The number of fused-ring (bicyclic) bond motifs is 7. The Balaban J connectivity index is 1.19. The van der Waals surface area contributed by atoms with Gasteiger partial charge in [0.15, 0.2) is 0 Å². The minimum atomic E-state index is -1.14. The molecule has 0 saturated heterocycles. The zero-order valence-corrected chi connectivity index (χ0v) is 33.0. The molecule has 0 radical (unpaired) electrons. The summed E-state index contributed by atoms with van der Waals surface area (Å²) in [4.78, 5) is 42.6. The minimum Gasteiger partial charge on any atom is -0.481 e. The highest BCUT2D eigenvalue weighted by Crippen LogP contribution is 2.78. The summed E-state index contributed by atoms with van der Waals surface area (Å²) in [6, 6.07) is 0. The number of amides is 1. The molecule has 1 aromatic rings. The van der Waals surface area contributed by atoms with Crippen LogP contribution in [-0.2, 0) is 25.7 Å². The van der Waals surface area contributed by atoms with E-state index in [1.54, 1.807) is 20.0 Å². The van der Waals surface area contributed by atoms with Crippen LogP contribution in [0.15, 0.2) is 30.9 Å². The molecule has 6 rings (SSSR count). The molecule has 1 amide bonds. The Hall–Kier alpha value is -2.64. The average Bonchev–Trinajstić information content (AvgIpc) is 3.69. The Kier molecular flexibility index (Phi) is 9.96. The summed E-state index contributed by atoms with van der Waals surface area (Å²) < 4.78 is 8.24.